The normalized spacial score (nSPS) is 11.6. The van der Waals surface area contributed by atoms with Gasteiger partial charge in [0.2, 0.25) is 0 Å². The average molecular weight is 244 g/mol. The molecule has 94 valence electrons. The molecule has 0 aromatic heterocycles. The molecule has 6 heteroatoms. The van der Waals surface area contributed by atoms with Crippen LogP contribution in [0.4, 0.5) is 14.5 Å². The van der Waals surface area contributed by atoms with E-state index in [0.29, 0.717) is 12.5 Å². The molecule has 1 aromatic carbocycles. The number of hydrogen-bond donors (Lipinski definition) is 1. The molecule has 4 nitrogen and oxygen atoms in total. The maximum atomic E-state index is 13.0. The summed E-state index contributed by atoms with van der Waals surface area (Å²) in [5.74, 6) is -2.30. The molecule has 2 N–H and O–H groups in total. The molecule has 1 rings (SSSR count). The van der Waals surface area contributed by atoms with Crippen molar-refractivity contribution in [1.29, 1.82) is 0 Å². The van der Waals surface area contributed by atoms with Gasteiger partial charge in [-0.3, -0.25) is 10.1 Å². The largest absolute Gasteiger partial charge is 0.326 e. The third-order valence-corrected chi connectivity index (χ3v) is 2.36. The molecule has 0 saturated heterocycles. The van der Waals surface area contributed by atoms with E-state index in [1.807, 2.05) is 0 Å². The molecule has 0 aliphatic heterocycles. The van der Waals surface area contributed by atoms with Crippen molar-refractivity contribution in [2.24, 2.45) is 5.73 Å². The number of hydrogen-bond acceptors (Lipinski definition) is 3. The first-order valence-electron chi connectivity index (χ1n) is 5.12. The topological polar surface area (TPSA) is 69.2 Å². The van der Waals surface area contributed by atoms with Gasteiger partial charge >= 0.3 is 0 Å². The summed E-state index contributed by atoms with van der Waals surface area (Å²) in [6.45, 7) is 3.53. The van der Waals surface area contributed by atoms with Crippen LogP contribution < -0.4 is 5.73 Å². The molecular formula is C11H14F2N2O2. The number of nitro groups is 1. The highest BCUT2D eigenvalue weighted by molar-refractivity contribution is 5.41. The molecule has 0 amide bonds. The number of benzene rings is 1. The lowest BCUT2D eigenvalue weighted by atomic mass is 9.96. The van der Waals surface area contributed by atoms with Crippen LogP contribution in [-0.4, -0.2) is 10.5 Å². The fourth-order valence-corrected chi connectivity index (χ4v) is 1.40. The van der Waals surface area contributed by atoms with Crippen molar-refractivity contribution in [3.63, 3.8) is 0 Å². The SMILES string of the molecule is CC(C)(N)CCc1cc(F)c(F)cc1[N+](=O)[O-]. The summed E-state index contributed by atoms with van der Waals surface area (Å²) in [6, 6.07) is 1.47. The minimum atomic E-state index is -1.22. The van der Waals surface area contributed by atoms with Gasteiger partial charge in [0.25, 0.3) is 5.69 Å². The molecule has 0 saturated carbocycles. The molecule has 0 aliphatic rings. The predicted octanol–water partition coefficient (Wildman–Crippen LogP) is 2.54. The van der Waals surface area contributed by atoms with Gasteiger partial charge in [0.1, 0.15) is 0 Å². The molecule has 1 aromatic rings. The third kappa shape index (κ3) is 3.74. The Morgan fingerprint density at radius 3 is 2.35 bits per heavy atom. The van der Waals surface area contributed by atoms with Crippen LogP contribution in [-0.2, 0) is 6.42 Å². The molecule has 17 heavy (non-hydrogen) atoms. The minimum absolute atomic E-state index is 0.160. The van der Waals surface area contributed by atoms with Crippen molar-refractivity contribution in [1.82, 2.24) is 0 Å². The van der Waals surface area contributed by atoms with E-state index in [1.54, 1.807) is 13.8 Å². The summed E-state index contributed by atoms with van der Waals surface area (Å²) in [5.41, 5.74) is 4.98. The molecule has 0 aliphatic carbocycles. The Bertz CT molecular complexity index is 442. The highest BCUT2D eigenvalue weighted by Crippen LogP contribution is 2.24. The van der Waals surface area contributed by atoms with Gasteiger partial charge in [-0.1, -0.05) is 0 Å². The molecule has 0 bridgehead atoms. The van der Waals surface area contributed by atoms with Crippen molar-refractivity contribution in [2.45, 2.75) is 32.2 Å². The Morgan fingerprint density at radius 1 is 1.35 bits per heavy atom. The number of aryl methyl sites for hydroxylation is 1. The lowest BCUT2D eigenvalue weighted by Gasteiger charge is -2.17. The third-order valence-electron chi connectivity index (χ3n) is 2.36. The van der Waals surface area contributed by atoms with E-state index in [9.17, 15) is 18.9 Å². The summed E-state index contributed by atoms with van der Waals surface area (Å²) in [4.78, 5) is 9.97. The molecule has 0 spiro atoms. The number of nitrogens with two attached hydrogens (primary N) is 1. The second-order valence-corrected chi connectivity index (χ2v) is 4.64. The van der Waals surface area contributed by atoms with Crippen LogP contribution in [0.2, 0.25) is 0 Å². The first-order chi connectivity index (χ1) is 7.70. The van der Waals surface area contributed by atoms with Crippen LogP contribution in [0.25, 0.3) is 0 Å². The number of nitrogens with zero attached hydrogens (tertiary/aromatic N) is 1. The van der Waals surface area contributed by atoms with E-state index >= 15 is 0 Å². The van der Waals surface area contributed by atoms with Crippen LogP contribution in [0, 0.1) is 21.7 Å². The van der Waals surface area contributed by atoms with Crippen molar-refractivity contribution in [3.05, 3.63) is 39.4 Å². The summed E-state index contributed by atoms with van der Waals surface area (Å²) in [6.07, 6.45) is 0.677. The highest BCUT2D eigenvalue weighted by atomic mass is 19.2. The molecule has 0 radical (unpaired) electrons. The lowest BCUT2D eigenvalue weighted by Crippen LogP contribution is -2.32. The van der Waals surface area contributed by atoms with Crippen LogP contribution in [0.5, 0.6) is 0 Å². The van der Waals surface area contributed by atoms with Gasteiger partial charge in [-0.15, -0.1) is 0 Å². The molecule has 0 atom stereocenters. The second kappa shape index (κ2) is 4.75. The Labute approximate surface area is 97.6 Å². The smallest absolute Gasteiger partial charge is 0.275 e. The summed E-state index contributed by atoms with van der Waals surface area (Å²) in [5, 5.41) is 10.7. The van der Waals surface area contributed by atoms with E-state index in [4.69, 9.17) is 5.73 Å². The van der Waals surface area contributed by atoms with E-state index in [2.05, 4.69) is 0 Å². The fraction of sp³-hybridized carbons (Fsp3) is 0.455. The zero-order chi connectivity index (χ0) is 13.2. The van der Waals surface area contributed by atoms with E-state index in [0.717, 1.165) is 6.07 Å². The van der Waals surface area contributed by atoms with Crippen molar-refractivity contribution < 1.29 is 13.7 Å². The summed E-state index contributed by atoms with van der Waals surface area (Å²) >= 11 is 0. The predicted molar refractivity (Wildman–Crippen MR) is 59.6 cm³/mol. The first kappa shape index (κ1) is 13.5. The number of rotatable bonds is 4. The maximum Gasteiger partial charge on any atom is 0.275 e. The summed E-state index contributed by atoms with van der Waals surface area (Å²) < 4.78 is 25.9. The zero-order valence-corrected chi connectivity index (χ0v) is 9.67. The standard InChI is InChI=1S/C11H14F2N2O2/c1-11(2,14)4-3-7-5-8(12)9(13)6-10(7)15(16)17/h5-6H,3-4,14H2,1-2H3. The molecule has 0 unspecified atom stereocenters. The van der Waals surface area contributed by atoms with Crippen LogP contribution >= 0.6 is 0 Å². The van der Waals surface area contributed by atoms with Gasteiger partial charge in [0, 0.05) is 11.1 Å². The van der Waals surface area contributed by atoms with E-state index in [-0.39, 0.29) is 12.0 Å². The van der Waals surface area contributed by atoms with E-state index < -0.39 is 27.8 Å². The second-order valence-electron chi connectivity index (χ2n) is 4.64. The van der Waals surface area contributed by atoms with Crippen molar-refractivity contribution >= 4 is 5.69 Å². The van der Waals surface area contributed by atoms with Gasteiger partial charge in [-0.25, -0.2) is 8.78 Å². The molecule has 0 fully saturated rings. The molecular weight excluding hydrogens is 230 g/mol. The Balaban J connectivity index is 3.05. The van der Waals surface area contributed by atoms with Gasteiger partial charge in [0.15, 0.2) is 11.6 Å². The zero-order valence-electron chi connectivity index (χ0n) is 9.67. The van der Waals surface area contributed by atoms with E-state index in [1.165, 1.54) is 0 Å². The fourth-order valence-electron chi connectivity index (χ4n) is 1.40. The van der Waals surface area contributed by atoms with Gasteiger partial charge in [-0.2, -0.15) is 0 Å². The quantitative estimate of drug-likeness (QED) is 0.653. The average Bonchev–Trinajstić information content (AvgIpc) is 2.17. The highest BCUT2D eigenvalue weighted by Gasteiger charge is 2.20. The van der Waals surface area contributed by atoms with Gasteiger partial charge in [-0.05, 0) is 32.8 Å². The van der Waals surface area contributed by atoms with Crippen molar-refractivity contribution in [3.8, 4) is 0 Å². The lowest BCUT2D eigenvalue weighted by molar-refractivity contribution is -0.385. The maximum absolute atomic E-state index is 13.0. The van der Waals surface area contributed by atoms with Crippen molar-refractivity contribution in [2.75, 3.05) is 0 Å². The van der Waals surface area contributed by atoms with Crippen LogP contribution in [0.1, 0.15) is 25.8 Å². The first-order valence-corrected chi connectivity index (χ1v) is 5.12. The summed E-state index contributed by atoms with van der Waals surface area (Å²) in [7, 11) is 0. The number of nitro benzene ring substituents is 1. The monoisotopic (exact) mass is 244 g/mol. The number of halogens is 2. The Morgan fingerprint density at radius 2 is 1.88 bits per heavy atom. The minimum Gasteiger partial charge on any atom is -0.326 e. The Hall–Kier alpha value is -1.56. The van der Waals surface area contributed by atoms with Crippen LogP contribution in [0.15, 0.2) is 12.1 Å². The van der Waals surface area contributed by atoms with Gasteiger partial charge in [0.05, 0.1) is 11.0 Å². The molecule has 0 heterocycles. The van der Waals surface area contributed by atoms with Gasteiger partial charge < -0.3 is 5.73 Å². The Kier molecular flexibility index (Phi) is 3.77. The van der Waals surface area contributed by atoms with Crippen LogP contribution in [0.3, 0.4) is 0 Å².